The highest BCUT2D eigenvalue weighted by atomic mass is 16.7. The van der Waals surface area contributed by atoms with Crippen LogP contribution in [-0.2, 0) is 4.74 Å². The second kappa shape index (κ2) is 14.4. The lowest BCUT2D eigenvalue weighted by molar-refractivity contribution is -0.277. The van der Waals surface area contributed by atoms with E-state index in [4.69, 9.17) is 23.0 Å². The van der Waals surface area contributed by atoms with Crippen LogP contribution < -0.4 is 20.3 Å². The van der Waals surface area contributed by atoms with Gasteiger partial charge < -0.3 is 53.7 Å². The maximum atomic E-state index is 13.1. The summed E-state index contributed by atoms with van der Waals surface area (Å²) in [4.78, 5) is 25.4. The summed E-state index contributed by atoms with van der Waals surface area (Å²) in [6, 6.07) is 23.9. The van der Waals surface area contributed by atoms with Crippen molar-refractivity contribution in [3.63, 3.8) is 0 Å². The molecule has 1 fully saturated rings. The van der Waals surface area contributed by atoms with Gasteiger partial charge in [0.25, 0.3) is 0 Å². The van der Waals surface area contributed by atoms with Gasteiger partial charge in [-0.15, -0.1) is 0 Å². The predicted octanol–water partition coefficient (Wildman–Crippen LogP) is 3.52. The van der Waals surface area contributed by atoms with E-state index in [1.54, 1.807) is 12.1 Å². The summed E-state index contributed by atoms with van der Waals surface area (Å²) in [5.41, 5.74) is 2.05. The molecule has 0 saturated carbocycles. The first kappa shape index (κ1) is 34.2. The van der Waals surface area contributed by atoms with E-state index >= 15 is 0 Å². The maximum Gasteiger partial charge on any atom is 0.229 e. The minimum Gasteiger partial charge on any atom is -0.508 e. The molecule has 50 heavy (non-hydrogen) atoms. The molecule has 4 aromatic carbocycles. The zero-order valence-corrected chi connectivity index (χ0v) is 26.4. The lowest BCUT2D eigenvalue weighted by atomic mass is 9.99. The zero-order valence-electron chi connectivity index (χ0n) is 26.4. The van der Waals surface area contributed by atoms with E-state index in [1.165, 1.54) is 50.0 Å². The van der Waals surface area contributed by atoms with Gasteiger partial charge in [-0.1, -0.05) is 54.6 Å². The molecule has 0 unspecified atom stereocenters. The minimum absolute atomic E-state index is 0.0121. The smallest absolute Gasteiger partial charge is 0.229 e. The van der Waals surface area contributed by atoms with Crippen LogP contribution in [0.1, 0.15) is 0 Å². The molecule has 6 aromatic rings. The molecule has 0 amide bonds. The largest absolute Gasteiger partial charge is 0.508 e. The van der Waals surface area contributed by atoms with Gasteiger partial charge >= 0.3 is 0 Å². The topological polar surface area (TPSA) is 209 Å². The molecule has 0 radical (unpaired) electrons. The van der Waals surface area contributed by atoms with Gasteiger partial charge in [-0.05, 0) is 35.4 Å². The second-order valence-electron chi connectivity index (χ2n) is 11.3. The lowest BCUT2D eigenvalue weighted by Gasteiger charge is -2.39. The fourth-order valence-electron chi connectivity index (χ4n) is 5.54. The average molecular weight is 685 g/mol. The summed E-state index contributed by atoms with van der Waals surface area (Å²) in [5, 5.41) is 60.1. The van der Waals surface area contributed by atoms with Crippen molar-refractivity contribution in [1.29, 1.82) is 0 Å². The van der Waals surface area contributed by atoms with Crippen LogP contribution in [0.5, 0.6) is 23.0 Å². The number of benzene rings is 4. The molecule has 7 rings (SSSR count). The van der Waals surface area contributed by atoms with Crippen molar-refractivity contribution in [2.24, 2.45) is 0 Å². The molecular weight excluding hydrogens is 652 g/mol. The number of fused-ring (bicyclic) bond motifs is 2. The first-order chi connectivity index (χ1) is 24.1. The van der Waals surface area contributed by atoms with Crippen LogP contribution in [0, 0.1) is 0 Å². The molecule has 13 heteroatoms. The van der Waals surface area contributed by atoms with Gasteiger partial charge in [0.1, 0.15) is 59.2 Å². The highest BCUT2D eigenvalue weighted by Gasteiger charge is 2.45. The summed E-state index contributed by atoms with van der Waals surface area (Å²) in [6.07, 6.45) is -5.00. The molecule has 1 aliphatic rings. The Balaban J connectivity index is 0.000000212. The Labute approximate surface area is 283 Å². The molecule has 6 N–H and O–H groups in total. The van der Waals surface area contributed by atoms with Gasteiger partial charge in [-0.2, -0.15) is 0 Å². The van der Waals surface area contributed by atoms with E-state index in [0.717, 1.165) is 5.56 Å². The van der Waals surface area contributed by atoms with E-state index in [1.807, 2.05) is 42.5 Å². The molecule has 0 spiro atoms. The Morgan fingerprint density at radius 3 is 2.02 bits per heavy atom. The molecule has 258 valence electrons. The number of rotatable bonds is 6. The summed E-state index contributed by atoms with van der Waals surface area (Å²) in [7, 11) is 1.21. The van der Waals surface area contributed by atoms with Crippen molar-refractivity contribution in [2.75, 3.05) is 13.7 Å². The van der Waals surface area contributed by atoms with Crippen LogP contribution in [0.15, 0.2) is 116 Å². The number of ether oxygens (including phenoxy) is 3. The molecule has 0 bridgehead atoms. The maximum absolute atomic E-state index is 13.1. The van der Waals surface area contributed by atoms with Gasteiger partial charge in [-0.3, -0.25) is 9.59 Å². The van der Waals surface area contributed by atoms with Gasteiger partial charge in [-0.25, -0.2) is 0 Å². The van der Waals surface area contributed by atoms with Gasteiger partial charge in [0.15, 0.2) is 16.9 Å². The Hall–Kier alpha value is -5.70. The Bertz CT molecular complexity index is 2230. The van der Waals surface area contributed by atoms with Gasteiger partial charge in [0.2, 0.25) is 17.5 Å². The van der Waals surface area contributed by atoms with Gasteiger partial charge in [0, 0.05) is 6.07 Å². The molecular formula is C37H32O13. The number of aromatic hydroxyl groups is 2. The number of aliphatic hydroxyl groups excluding tert-OH is 4. The fourth-order valence-corrected chi connectivity index (χ4v) is 5.54. The number of methoxy groups -OCH3 is 1. The Morgan fingerprint density at radius 1 is 0.720 bits per heavy atom. The molecule has 0 aliphatic carbocycles. The number of phenolic OH excluding ortho intramolecular Hbond substituents is 2. The van der Waals surface area contributed by atoms with Crippen LogP contribution in [0.25, 0.3) is 44.2 Å². The first-order valence-corrected chi connectivity index (χ1v) is 15.3. The number of hydrogen-bond donors (Lipinski definition) is 6. The summed E-state index contributed by atoms with van der Waals surface area (Å²) in [6.45, 7) is -0.653. The van der Waals surface area contributed by atoms with Crippen LogP contribution in [0.2, 0.25) is 0 Å². The minimum atomic E-state index is -1.70. The highest BCUT2D eigenvalue weighted by Crippen LogP contribution is 2.43. The third kappa shape index (κ3) is 6.51. The fraction of sp³-hybridized carbons (Fsp3) is 0.189. The second-order valence-corrected chi connectivity index (χ2v) is 11.3. The quantitative estimate of drug-likeness (QED) is 0.149. The lowest BCUT2D eigenvalue weighted by Crippen LogP contribution is -2.60. The van der Waals surface area contributed by atoms with Crippen molar-refractivity contribution in [3.05, 3.63) is 118 Å². The van der Waals surface area contributed by atoms with E-state index in [9.17, 15) is 40.2 Å². The summed E-state index contributed by atoms with van der Waals surface area (Å²) >= 11 is 0. The number of para-hydroxylation sites is 1. The zero-order chi connectivity index (χ0) is 35.5. The molecule has 1 aliphatic heterocycles. The van der Waals surface area contributed by atoms with Crippen LogP contribution in [0.4, 0.5) is 0 Å². The molecule has 3 heterocycles. The highest BCUT2D eigenvalue weighted by molar-refractivity contribution is 5.91. The Morgan fingerprint density at radius 2 is 1.34 bits per heavy atom. The van der Waals surface area contributed by atoms with Crippen LogP contribution >= 0.6 is 0 Å². The molecule has 2 aromatic heterocycles. The monoisotopic (exact) mass is 684 g/mol. The van der Waals surface area contributed by atoms with Crippen LogP contribution in [-0.4, -0.2) is 75.1 Å². The Kier molecular flexibility index (Phi) is 9.86. The van der Waals surface area contributed by atoms with E-state index in [0.29, 0.717) is 22.1 Å². The first-order valence-electron chi connectivity index (χ1n) is 15.3. The average Bonchev–Trinajstić information content (AvgIpc) is 3.13. The SMILES string of the molecule is COc1c(O[C@@H]2O[C@H](CO)[C@@H](O)[C@H](O)[C@H]2O)cc2occ(-c3ccc(O)cc3)c(=O)c2c1O.O=c1c(-c2ccccc2)coc2ccccc12. The molecule has 1 saturated heterocycles. The number of aliphatic hydroxyl groups is 4. The van der Waals surface area contributed by atoms with Crippen molar-refractivity contribution < 1.29 is 53.7 Å². The number of hydrogen-bond acceptors (Lipinski definition) is 13. The summed E-state index contributed by atoms with van der Waals surface area (Å²) < 4.78 is 27.1. The molecule has 13 nitrogen and oxygen atoms in total. The predicted molar refractivity (Wildman–Crippen MR) is 180 cm³/mol. The van der Waals surface area contributed by atoms with Crippen molar-refractivity contribution in [2.45, 2.75) is 30.7 Å². The van der Waals surface area contributed by atoms with E-state index < -0.39 is 48.5 Å². The molecule has 5 atom stereocenters. The normalized spacial score (nSPS) is 20.2. The standard InChI is InChI=1S/C22H22O11.C15H10O2/c1-30-21-13(32-22-20(29)19(28)17(26)14(7-23)33-22)6-12-15(18(21)27)16(25)11(8-31-12)9-2-4-10(24)5-3-9;16-15-12-8-4-5-9-14(12)17-10-13(15)11-6-2-1-3-7-11/h2-6,8,14,17,19-20,22-24,26-29H,7H2,1H3;1-10H/t14-,17-,19+,20-,22-;/m1./s1. The third-order valence-corrected chi connectivity index (χ3v) is 8.20. The van der Waals surface area contributed by atoms with E-state index in [-0.39, 0.29) is 39.2 Å². The third-order valence-electron chi connectivity index (χ3n) is 8.20. The van der Waals surface area contributed by atoms with Crippen LogP contribution in [0.3, 0.4) is 0 Å². The van der Waals surface area contributed by atoms with Crippen molar-refractivity contribution in [3.8, 4) is 45.3 Å². The van der Waals surface area contributed by atoms with Crippen molar-refractivity contribution >= 4 is 21.9 Å². The van der Waals surface area contributed by atoms with Gasteiger partial charge in [0.05, 0.1) is 30.2 Å². The number of phenols is 2. The summed E-state index contributed by atoms with van der Waals surface area (Å²) in [5.74, 6) is -1.03. The van der Waals surface area contributed by atoms with E-state index in [2.05, 4.69) is 0 Å². The van der Waals surface area contributed by atoms with Crippen molar-refractivity contribution in [1.82, 2.24) is 0 Å².